The first kappa shape index (κ1) is 7.83. The number of amides is 2. The molecule has 0 saturated carbocycles. The van der Waals surface area contributed by atoms with Crippen LogP contribution in [0.4, 0.5) is 16.6 Å². The number of H-pyrrole nitrogens is 1. The highest BCUT2D eigenvalue weighted by Gasteiger charge is 2.25. The van der Waals surface area contributed by atoms with Crippen LogP contribution < -0.4 is 16.1 Å². The minimum absolute atomic E-state index is 0.0491. The maximum Gasteiger partial charge on any atom is 0.322 e. The van der Waals surface area contributed by atoms with Gasteiger partial charge in [0.25, 0.3) is 0 Å². The molecule has 2 amide bonds. The molecule has 0 saturated heterocycles. The Morgan fingerprint density at radius 1 is 1.54 bits per heavy atom. The van der Waals surface area contributed by atoms with Gasteiger partial charge in [0.2, 0.25) is 5.95 Å². The van der Waals surface area contributed by atoms with E-state index in [-0.39, 0.29) is 17.5 Å². The predicted molar refractivity (Wildman–Crippen MR) is 41.1 cm³/mol. The van der Waals surface area contributed by atoms with Crippen molar-refractivity contribution in [3.63, 3.8) is 0 Å². The number of aliphatic hydroxyl groups excluding tert-OH is 1. The minimum atomic E-state index is -1.14. The lowest BCUT2D eigenvalue weighted by molar-refractivity contribution is 0.140. The van der Waals surface area contributed by atoms with E-state index < -0.39 is 12.3 Å². The Labute approximate surface area is 71.9 Å². The zero-order chi connectivity index (χ0) is 9.42. The number of rotatable bonds is 1. The molecule has 0 aliphatic carbocycles. The minimum Gasteiger partial charge on any atom is -0.368 e. The second kappa shape index (κ2) is 2.61. The van der Waals surface area contributed by atoms with Gasteiger partial charge < -0.3 is 15.4 Å². The van der Waals surface area contributed by atoms with E-state index in [1.807, 2.05) is 0 Å². The van der Waals surface area contributed by atoms with E-state index in [4.69, 9.17) is 5.21 Å². The van der Waals surface area contributed by atoms with Gasteiger partial charge in [-0.3, -0.25) is 10.5 Å². The fraction of sp³-hybridized carbons (Fsp3) is 0.200. The van der Waals surface area contributed by atoms with Gasteiger partial charge in [0.05, 0.1) is 0 Å². The Morgan fingerprint density at radius 3 is 3.00 bits per heavy atom. The van der Waals surface area contributed by atoms with Crippen LogP contribution in [0.5, 0.6) is 0 Å². The number of aromatic nitrogens is 2. The first-order chi connectivity index (χ1) is 6.20. The average molecular weight is 185 g/mol. The topological polar surface area (TPSA) is 122 Å². The molecule has 1 atom stereocenters. The number of carbonyl (C=O) groups excluding carboxylic acids is 1. The summed E-state index contributed by atoms with van der Waals surface area (Å²) in [6, 6.07) is -0.545. The number of aliphatic hydroxyl groups is 1. The van der Waals surface area contributed by atoms with E-state index in [1.54, 1.807) is 5.48 Å². The third-order valence-corrected chi connectivity index (χ3v) is 1.61. The van der Waals surface area contributed by atoms with Gasteiger partial charge in [-0.05, 0) is 0 Å². The Balaban J connectivity index is 2.40. The van der Waals surface area contributed by atoms with Gasteiger partial charge in [-0.1, -0.05) is 0 Å². The van der Waals surface area contributed by atoms with Crippen molar-refractivity contribution in [1.29, 1.82) is 0 Å². The molecule has 2 heterocycles. The van der Waals surface area contributed by atoms with Crippen molar-refractivity contribution in [2.24, 2.45) is 0 Å². The average Bonchev–Trinajstić information content (AvgIpc) is 2.47. The summed E-state index contributed by atoms with van der Waals surface area (Å²) in [5.74, 6) is 0.237. The number of nitrogens with zero attached hydrogens (tertiary/aromatic N) is 1. The lowest BCUT2D eigenvalue weighted by Gasteiger charge is -2.18. The van der Waals surface area contributed by atoms with Gasteiger partial charge in [-0.25, -0.2) is 10.3 Å². The van der Waals surface area contributed by atoms with E-state index >= 15 is 0 Å². The summed E-state index contributed by atoms with van der Waals surface area (Å²) in [5, 5.41) is 22.3. The van der Waals surface area contributed by atoms with Crippen LogP contribution in [-0.2, 0) is 0 Å². The Morgan fingerprint density at radius 2 is 2.31 bits per heavy atom. The SMILES string of the molecule is O=C1Nc2nc(NO)[nH]c2C(O)N1. The van der Waals surface area contributed by atoms with Gasteiger partial charge in [0.15, 0.2) is 12.0 Å². The summed E-state index contributed by atoms with van der Waals surface area (Å²) in [6.07, 6.45) is -1.14. The summed E-state index contributed by atoms with van der Waals surface area (Å²) < 4.78 is 0. The number of hydrogen-bond donors (Lipinski definition) is 6. The van der Waals surface area contributed by atoms with Crippen LogP contribution in [0, 0.1) is 0 Å². The van der Waals surface area contributed by atoms with Gasteiger partial charge in [-0.15, -0.1) is 0 Å². The molecular formula is C5H7N5O3. The molecule has 0 bridgehead atoms. The number of urea groups is 1. The van der Waals surface area contributed by atoms with E-state index in [0.717, 1.165) is 0 Å². The molecule has 1 unspecified atom stereocenters. The summed E-state index contributed by atoms with van der Waals surface area (Å²) in [6.45, 7) is 0. The lowest BCUT2D eigenvalue weighted by atomic mass is 10.3. The summed E-state index contributed by atoms with van der Waals surface area (Å²) in [5.41, 5.74) is 2.05. The quantitative estimate of drug-likeness (QED) is 0.324. The van der Waals surface area contributed by atoms with Crippen molar-refractivity contribution in [2.45, 2.75) is 6.23 Å². The van der Waals surface area contributed by atoms with E-state index in [1.165, 1.54) is 0 Å². The number of imidazole rings is 1. The number of nitrogens with one attached hydrogen (secondary N) is 4. The van der Waals surface area contributed by atoms with Crippen LogP contribution in [0.3, 0.4) is 0 Å². The maximum atomic E-state index is 10.8. The van der Waals surface area contributed by atoms with Crippen LogP contribution in [0.15, 0.2) is 0 Å². The molecule has 13 heavy (non-hydrogen) atoms. The molecule has 1 aliphatic rings. The number of aromatic amines is 1. The number of hydrogen-bond acceptors (Lipinski definition) is 5. The highest BCUT2D eigenvalue weighted by Crippen LogP contribution is 2.23. The van der Waals surface area contributed by atoms with Crippen LogP contribution in [0.25, 0.3) is 0 Å². The highest BCUT2D eigenvalue weighted by atomic mass is 16.5. The van der Waals surface area contributed by atoms with Gasteiger partial charge in [0, 0.05) is 0 Å². The maximum absolute atomic E-state index is 10.8. The summed E-state index contributed by atoms with van der Waals surface area (Å²) >= 11 is 0. The van der Waals surface area contributed by atoms with Crippen LogP contribution in [0.1, 0.15) is 11.9 Å². The fourth-order valence-electron chi connectivity index (χ4n) is 1.07. The van der Waals surface area contributed by atoms with Crippen LogP contribution in [-0.4, -0.2) is 26.3 Å². The Bertz CT molecular complexity index is 348. The molecule has 8 heteroatoms. The van der Waals surface area contributed by atoms with Crippen molar-refractivity contribution in [1.82, 2.24) is 15.3 Å². The van der Waals surface area contributed by atoms with E-state index in [0.29, 0.717) is 0 Å². The molecule has 8 nitrogen and oxygen atoms in total. The largest absolute Gasteiger partial charge is 0.368 e. The predicted octanol–water partition coefficient (Wildman–Crippen LogP) is -0.663. The monoisotopic (exact) mass is 185 g/mol. The second-order valence-corrected chi connectivity index (χ2v) is 2.46. The molecule has 0 fully saturated rings. The second-order valence-electron chi connectivity index (χ2n) is 2.46. The van der Waals surface area contributed by atoms with Crippen LogP contribution in [0.2, 0.25) is 0 Å². The Hall–Kier alpha value is -1.80. The van der Waals surface area contributed by atoms with Gasteiger partial charge in [0.1, 0.15) is 5.69 Å². The molecular weight excluding hydrogens is 178 g/mol. The molecule has 0 radical (unpaired) electrons. The zero-order valence-corrected chi connectivity index (χ0v) is 6.33. The van der Waals surface area contributed by atoms with Crippen molar-refractivity contribution >= 4 is 17.8 Å². The van der Waals surface area contributed by atoms with Crippen LogP contribution >= 0.6 is 0 Å². The van der Waals surface area contributed by atoms with Crippen molar-refractivity contribution in [3.05, 3.63) is 5.69 Å². The molecule has 1 aliphatic heterocycles. The third-order valence-electron chi connectivity index (χ3n) is 1.61. The van der Waals surface area contributed by atoms with E-state index in [9.17, 15) is 9.90 Å². The molecule has 0 spiro atoms. The number of fused-ring (bicyclic) bond motifs is 1. The Kier molecular flexibility index (Phi) is 1.57. The van der Waals surface area contributed by atoms with E-state index in [2.05, 4.69) is 20.6 Å². The number of carbonyl (C=O) groups is 1. The standard InChI is InChI=1S/C5H7N5O3/c11-3-1-2(8-5(12)9-3)7-4(6-1)10-13/h3,11,13H,(H2,6,7,10)(H2,8,9,12). The zero-order valence-electron chi connectivity index (χ0n) is 6.33. The summed E-state index contributed by atoms with van der Waals surface area (Å²) in [4.78, 5) is 17.1. The first-order valence-corrected chi connectivity index (χ1v) is 3.46. The van der Waals surface area contributed by atoms with Gasteiger partial charge in [-0.2, -0.15) is 4.98 Å². The summed E-state index contributed by atoms with van der Waals surface area (Å²) in [7, 11) is 0. The highest BCUT2D eigenvalue weighted by molar-refractivity contribution is 5.91. The van der Waals surface area contributed by atoms with Crippen molar-refractivity contribution in [3.8, 4) is 0 Å². The first-order valence-electron chi connectivity index (χ1n) is 3.46. The molecule has 1 aromatic heterocycles. The smallest absolute Gasteiger partial charge is 0.322 e. The van der Waals surface area contributed by atoms with Gasteiger partial charge >= 0.3 is 6.03 Å². The fourth-order valence-corrected chi connectivity index (χ4v) is 1.07. The molecule has 2 rings (SSSR count). The molecule has 1 aromatic rings. The van der Waals surface area contributed by atoms with Crippen molar-refractivity contribution in [2.75, 3.05) is 10.8 Å². The van der Waals surface area contributed by atoms with Crippen molar-refractivity contribution < 1.29 is 15.1 Å². The lowest BCUT2D eigenvalue weighted by Crippen LogP contribution is -2.37. The molecule has 70 valence electrons. The third kappa shape index (κ3) is 1.17. The normalized spacial score (nSPS) is 20.2. The molecule has 0 aromatic carbocycles. The number of anilines is 2. The molecule has 6 N–H and O–H groups in total.